The van der Waals surface area contributed by atoms with Crippen LogP contribution in [0.4, 0.5) is 0 Å². The van der Waals surface area contributed by atoms with Crippen molar-refractivity contribution in [2.75, 3.05) is 33.7 Å². The van der Waals surface area contributed by atoms with Crippen LogP contribution < -0.4 is 0 Å². The van der Waals surface area contributed by atoms with Gasteiger partial charge in [0.05, 0.1) is 5.56 Å². The third-order valence-corrected chi connectivity index (χ3v) is 3.60. The molecule has 1 saturated heterocycles. The lowest BCUT2D eigenvalue weighted by molar-refractivity contribution is 0.0693. The Kier molecular flexibility index (Phi) is 4.34. The molecule has 1 aromatic heterocycles. The number of hydrogen-bond donors (Lipinski definition) is 1. The number of nitrogens with zero attached hydrogens (tertiary/aromatic N) is 3. The zero-order valence-corrected chi connectivity index (χ0v) is 11.7. The summed E-state index contributed by atoms with van der Waals surface area (Å²) in [5.41, 5.74) is 0.366. The molecule has 108 valence electrons. The molecule has 1 atom stereocenters. The molecule has 1 aliphatic rings. The molecule has 20 heavy (non-hydrogen) atoms. The largest absolute Gasteiger partial charge is 0.478 e. The summed E-state index contributed by atoms with van der Waals surface area (Å²) in [6.45, 7) is 2.77. The van der Waals surface area contributed by atoms with E-state index in [2.05, 4.69) is 16.9 Å². The van der Waals surface area contributed by atoms with Crippen LogP contribution in [0.1, 0.15) is 27.3 Å². The molecule has 1 aromatic rings. The van der Waals surface area contributed by atoms with Crippen molar-refractivity contribution in [3.8, 4) is 0 Å². The molecule has 0 saturated carbocycles. The summed E-state index contributed by atoms with van der Waals surface area (Å²) in [7, 11) is 3.83. The lowest BCUT2D eigenvalue weighted by Crippen LogP contribution is -2.33. The van der Waals surface area contributed by atoms with Gasteiger partial charge in [-0.05, 0) is 38.1 Å². The van der Waals surface area contributed by atoms with E-state index in [1.54, 1.807) is 11.9 Å². The molecule has 1 aliphatic heterocycles. The van der Waals surface area contributed by atoms with E-state index in [0.29, 0.717) is 12.5 Å². The van der Waals surface area contributed by atoms with Gasteiger partial charge in [-0.3, -0.25) is 9.78 Å². The fourth-order valence-corrected chi connectivity index (χ4v) is 2.49. The van der Waals surface area contributed by atoms with E-state index in [-0.39, 0.29) is 17.2 Å². The third kappa shape index (κ3) is 3.33. The number of pyridine rings is 1. The molecule has 0 aromatic carbocycles. The highest BCUT2D eigenvalue weighted by atomic mass is 16.4. The maximum atomic E-state index is 12.2. The Morgan fingerprint density at radius 2 is 2.25 bits per heavy atom. The number of hydrogen-bond acceptors (Lipinski definition) is 4. The maximum Gasteiger partial charge on any atom is 0.337 e. The van der Waals surface area contributed by atoms with Gasteiger partial charge in [-0.15, -0.1) is 0 Å². The van der Waals surface area contributed by atoms with Crippen LogP contribution >= 0.6 is 0 Å². The second-order valence-electron chi connectivity index (χ2n) is 5.34. The number of amides is 1. The highest BCUT2D eigenvalue weighted by Gasteiger charge is 2.23. The SMILES string of the molecule is CN1CCC(CN(C)C(=O)c2ccc(C(=O)O)cn2)C1. The molecule has 1 N–H and O–H groups in total. The monoisotopic (exact) mass is 277 g/mol. The summed E-state index contributed by atoms with van der Waals surface area (Å²) in [4.78, 5) is 30.8. The van der Waals surface area contributed by atoms with E-state index in [9.17, 15) is 9.59 Å². The number of likely N-dealkylation sites (tertiary alicyclic amines) is 1. The van der Waals surface area contributed by atoms with Crippen molar-refractivity contribution < 1.29 is 14.7 Å². The summed E-state index contributed by atoms with van der Waals surface area (Å²) >= 11 is 0. The highest BCUT2D eigenvalue weighted by molar-refractivity contribution is 5.93. The van der Waals surface area contributed by atoms with Gasteiger partial charge in [0.2, 0.25) is 0 Å². The third-order valence-electron chi connectivity index (χ3n) is 3.60. The molecule has 0 bridgehead atoms. The molecule has 2 heterocycles. The number of carbonyl (C=O) groups is 2. The molecule has 6 heteroatoms. The van der Waals surface area contributed by atoms with Crippen molar-refractivity contribution in [1.82, 2.24) is 14.8 Å². The molecule has 1 amide bonds. The first-order chi connectivity index (χ1) is 9.47. The van der Waals surface area contributed by atoms with Crippen LogP contribution in [0.15, 0.2) is 18.3 Å². The second kappa shape index (κ2) is 6.00. The van der Waals surface area contributed by atoms with Crippen LogP contribution in [0.5, 0.6) is 0 Å². The number of carboxylic acids is 1. The van der Waals surface area contributed by atoms with Gasteiger partial charge in [0.1, 0.15) is 5.69 Å². The molecule has 0 aliphatic carbocycles. The van der Waals surface area contributed by atoms with Crippen molar-refractivity contribution >= 4 is 11.9 Å². The Hall–Kier alpha value is -1.95. The Balaban J connectivity index is 1.97. The van der Waals surface area contributed by atoms with E-state index in [1.165, 1.54) is 18.3 Å². The van der Waals surface area contributed by atoms with Gasteiger partial charge in [-0.25, -0.2) is 4.79 Å². The zero-order valence-electron chi connectivity index (χ0n) is 11.7. The van der Waals surface area contributed by atoms with Gasteiger partial charge < -0.3 is 14.9 Å². The minimum absolute atomic E-state index is 0.0848. The maximum absolute atomic E-state index is 12.2. The van der Waals surface area contributed by atoms with Gasteiger partial charge >= 0.3 is 5.97 Å². The van der Waals surface area contributed by atoms with Crippen molar-refractivity contribution in [3.63, 3.8) is 0 Å². The molecule has 2 rings (SSSR count). The highest BCUT2D eigenvalue weighted by Crippen LogP contribution is 2.16. The van der Waals surface area contributed by atoms with Crippen LogP contribution in [-0.4, -0.2) is 65.5 Å². The molecule has 1 fully saturated rings. The minimum atomic E-state index is -1.04. The van der Waals surface area contributed by atoms with Gasteiger partial charge in [0, 0.05) is 26.3 Å². The van der Waals surface area contributed by atoms with E-state index in [1.807, 2.05) is 0 Å². The normalized spacial score (nSPS) is 19.0. The fraction of sp³-hybridized carbons (Fsp3) is 0.500. The fourth-order valence-electron chi connectivity index (χ4n) is 2.49. The van der Waals surface area contributed by atoms with Crippen LogP contribution in [0.2, 0.25) is 0 Å². The Bertz CT molecular complexity index is 501. The van der Waals surface area contributed by atoms with E-state index in [0.717, 1.165) is 19.5 Å². The lowest BCUT2D eigenvalue weighted by atomic mass is 10.1. The van der Waals surface area contributed by atoms with Crippen LogP contribution in [-0.2, 0) is 0 Å². The van der Waals surface area contributed by atoms with Crippen LogP contribution in [0.25, 0.3) is 0 Å². The van der Waals surface area contributed by atoms with Crippen molar-refractivity contribution in [2.45, 2.75) is 6.42 Å². The predicted molar refractivity (Wildman–Crippen MR) is 73.8 cm³/mol. The lowest BCUT2D eigenvalue weighted by Gasteiger charge is -2.20. The molecular formula is C14H19N3O3. The Morgan fingerprint density at radius 1 is 1.50 bits per heavy atom. The van der Waals surface area contributed by atoms with Crippen LogP contribution in [0, 0.1) is 5.92 Å². The number of carbonyl (C=O) groups excluding carboxylic acids is 1. The van der Waals surface area contributed by atoms with Gasteiger partial charge in [0.25, 0.3) is 5.91 Å². The number of aromatic nitrogens is 1. The van der Waals surface area contributed by atoms with Crippen molar-refractivity contribution in [3.05, 3.63) is 29.6 Å². The van der Waals surface area contributed by atoms with Crippen molar-refractivity contribution in [2.24, 2.45) is 5.92 Å². The average molecular weight is 277 g/mol. The predicted octanol–water partition coefficient (Wildman–Crippen LogP) is 0.803. The van der Waals surface area contributed by atoms with Gasteiger partial charge in [-0.1, -0.05) is 0 Å². The quantitative estimate of drug-likeness (QED) is 0.881. The standard InChI is InChI=1S/C14H19N3O3/c1-16-6-5-10(8-16)9-17(2)13(18)12-4-3-11(7-15-12)14(19)20/h3-4,7,10H,5-6,8-9H2,1-2H3,(H,19,20). The van der Waals surface area contributed by atoms with E-state index in [4.69, 9.17) is 5.11 Å². The Labute approximate surface area is 118 Å². The first kappa shape index (κ1) is 14.5. The Morgan fingerprint density at radius 3 is 2.75 bits per heavy atom. The summed E-state index contributed by atoms with van der Waals surface area (Å²) in [6, 6.07) is 2.86. The molecule has 0 radical (unpaired) electrons. The number of carboxylic acid groups (broad SMARTS) is 1. The summed E-state index contributed by atoms with van der Waals surface area (Å²) < 4.78 is 0. The molecular weight excluding hydrogens is 258 g/mol. The zero-order chi connectivity index (χ0) is 14.7. The molecule has 0 spiro atoms. The second-order valence-corrected chi connectivity index (χ2v) is 5.34. The first-order valence-corrected chi connectivity index (χ1v) is 6.60. The van der Waals surface area contributed by atoms with Crippen molar-refractivity contribution in [1.29, 1.82) is 0 Å². The molecule has 6 nitrogen and oxygen atoms in total. The van der Waals surface area contributed by atoms with E-state index >= 15 is 0 Å². The topological polar surface area (TPSA) is 73.7 Å². The van der Waals surface area contributed by atoms with E-state index < -0.39 is 5.97 Å². The minimum Gasteiger partial charge on any atom is -0.478 e. The molecule has 1 unspecified atom stereocenters. The van der Waals surface area contributed by atoms with Gasteiger partial charge in [0.15, 0.2) is 0 Å². The summed E-state index contributed by atoms with van der Waals surface area (Å²) in [5, 5.41) is 8.80. The summed E-state index contributed by atoms with van der Waals surface area (Å²) in [6.07, 6.45) is 2.31. The van der Waals surface area contributed by atoms with Crippen LogP contribution in [0.3, 0.4) is 0 Å². The number of rotatable bonds is 4. The first-order valence-electron chi connectivity index (χ1n) is 6.60. The number of aromatic carboxylic acids is 1. The smallest absolute Gasteiger partial charge is 0.337 e. The average Bonchev–Trinajstić information content (AvgIpc) is 2.83. The summed E-state index contributed by atoms with van der Waals surface area (Å²) in [5.74, 6) is -0.720. The van der Waals surface area contributed by atoms with Gasteiger partial charge in [-0.2, -0.15) is 0 Å².